The summed E-state index contributed by atoms with van der Waals surface area (Å²) in [5, 5.41) is 6.64. The van der Waals surface area contributed by atoms with Crippen LogP contribution in [0.1, 0.15) is 18.4 Å². The first-order valence-electron chi connectivity index (χ1n) is 8.93. The van der Waals surface area contributed by atoms with E-state index in [2.05, 4.69) is 25.5 Å². The van der Waals surface area contributed by atoms with Crippen LogP contribution in [0.4, 0.5) is 11.6 Å². The van der Waals surface area contributed by atoms with Crippen LogP contribution >= 0.6 is 0 Å². The minimum atomic E-state index is 0.422. The average molecular weight is 357 g/mol. The number of ether oxygens (including phenoxy) is 2. The number of rotatable bonds is 8. The molecule has 1 unspecified atom stereocenters. The SMILES string of the molecule is CNc1cc(N2CCCC2CNCc2cc(OC)ccc2OC)ncn1. The Labute approximate surface area is 154 Å². The van der Waals surface area contributed by atoms with Crippen LogP contribution in [0.3, 0.4) is 0 Å². The summed E-state index contributed by atoms with van der Waals surface area (Å²) in [6.07, 6.45) is 3.94. The highest BCUT2D eigenvalue weighted by Crippen LogP contribution is 2.26. The summed E-state index contributed by atoms with van der Waals surface area (Å²) < 4.78 is 10.8. The lowest BCUT2D eigenvalue weighted by molar-refractivity contribution is 0.396. The van der Waals surface area contributed by atoms with Crippen LogP contribution in [0, 0.1) is 0 Å². The summed E-state index contributed by atoms with van der Waals surface area (Å²) in [4.78, 5) is 11.0. The van der Waals surface area contributed by atoms with Gasteiger partial charge in [0, 0.05) is 44.4 Å². The molecular weight excluding hydrogens is 330 g/mol. The van der Waals surface area contributed by atoms with Gasteiger partial charge in [0.2, 0.25) is 0 Å². The Bertz CT molecular complexity index is 725. The molecular formula is C19H27N5O2. The van der Waals surface area contributed by atoms with Crippen molar-refractivity contribution < 1.29 is 9.47 Å². The number of methoxy groups -OCH3 is 2. The van der Waals surface area contributed by atoms with Gasteiger partial charge in [0.1, 0.15) is 29.5 Å². The lowest BCUT2D eigenvalue weighted by Gasteiger charge is -2.26. The van der Waals surface area contributed by atoms with Crippen molar-refractivity contribution in [1.82, 2.24) is 15.3 Å². The predicted octanol–water partition coefficient (Wildman–Crippen LogP) is 2.29. The third-order valence-corrected chi connectivity index (χ3v) is 4.76. The molecule has 0 amide bonds. The second-order valence-electron chi connectivity index (χ2n) is 6.31. The minimum absolute atomic E-state index is 0.422. The monoisotopic (exact) mass is 357 g/mol. The smallest absolute Gasteiger partial charge is 0.134 e. The van der Waals surface area contributed by atoms with E-state index >= 15 is 0 Å². The second kappa shape index (κ2) is 8.71. The fraction of sp³-hybridized carbons (Fsp3) is 0.474. The highest BCUT2D eigenvalue weighted by molar-refractivity contribution is 5.49. The van der Waals surface area contributed by atoms with E-state index in [9.17, 15) is 0 Å². The zero-order valence-electron chi connectivity index (χ0n) is 15.7. The van der Waals surface area contributed by atoms with Crippen molar-refractivity contribution in [2.45, 2.75) is 25.4 Å². The quantitative estimate of drug-likeness (QED) is 0.751. The van der Waals surface area contributed by atoms with Gasteiger partial charge in [-0.1, -0.05) is 0 Å². The van der Waals surface area contributed by atoms with Gasteiger partial charge in [0.15, 0.2) is 0 Å². The summed E-state index contributed by atoms with van der Waals surface area (Å²) >= 11 is 0. The highest BCUT2D eigenvalue weighted by atomic mass is 16.5. The number of anilines is 2. The van der Waals surface area contributed by atoms with Crippen LogP contribution < -0.4 is 25.0 Å². The molecule has 0 spiro atoms. The van der Waals surface area contributed by atoms with Gasteiger partial charge in [-0.25, -0.2) is 9.97 Å². The van der Waals surface area contributed by atoms with Crippen molar-refractivity contribution >= 4 is 11.6 Å². The fourth-order valence-corrected chi connectivity index (χ4v) is 3.38. The maximum Gasteiger partial charge on any atom is 0.134 e. The highest BCUT2D eigenvalue weighted by Gasteiger charge is 2.25. The van der Waals surface area contributed by atoms with Gasteiger partial charge in [-0.3, -0.25) is 0 Å². The molecule has 2 heterocycles. The number of aromatic nitrogens is 2. The van der Waals surface area contributed by atoms with Crippen LogP contribution in [0.25, 0.3) is 0 Å². The van der Waals surface area contributed by atoms with Gasteiger partial charge < -0.3 is 25.0 Å². The second-order valence-corrected chi connectivity index (χ2v) is 6.31. The number of nitrogens with zero attached hydrogens (tertiary/aromatic N) is 3. The lowest BCUT2D eigenvalue weighted by atomic mass is 10.1. The van der Waals surface area contributed by atoms with E-state index in [0.717, 1.165) is 54.8 Å². The molecule has 0 saturated carbocycles. The molecule has 0 radical (unpaired) electrons. The zero-order valence-corrected chi connectivity index (χ0v) is 15.7. The summed E-state index contributed by atoms with van der Waals surface area (Å²) in [6.45, 7) is 2.64. The van der Waals surface area contributed by atoms with Crippen molar-refractivity contribution in [3.8, 4) is 11.5 Å². The minimum Gasteiger partial charge on any atom is -0.497 e. The topological polar surface area (TPSA) is 71.5 Å². The zero-order chi connectivity index (χ0) is 18.4. The molecule has 7 nitrogen and oxygen atoms in total. The first kappa shape index (κ1) is 18.3. The summed E-state index contributed by atoms with van der Waals surface area (Å²) in [5.74, 6) is 3.53. The molecule has 1 fully saturated rings. The standard InChI is InChI=1S/C19H27N5O2/c1-20-18-10-19(23-13-22-18)24-8-4-5-15(24)12-21-11-14-9-16(25-2)6-7-17(14)26-3/h6-7,9-10,13,15,21H,4-5,8,11-12H2,1-3H3,(H,20,22,23). The Balaban J connectivity index is 1.62. The van der Waals surface area contributed by atoms with Gasteiger partial charge in [-0.15, -0.1) is 0 Å². The van der Waals surface area contributed by atoms with E-state index in [1.54, 1.807) is 20.5 Å². The van der Waals surface area contributed by atoms with Gasteiger partial charge in [0.05, 0.1) is 14.2 Å². The molecule has 26 heavy (non-hydrogen) atoms. The van der Waals surface area contributed by atoms with Gasteiger partial charge >= 0.3 is 0 Å². The summed E-state index contributed by atoms with van der Waals surface area (Å²) in [7, 11) is 5.24. The molecule has 2 aromatic rings. The van der Waals surface area contributed by atoms with Crippen LogP contribution in [0.5, 0.6) is 11.5 Å². The maximum atomic E-state index is 5.45. The molecule has 2 N–H and O–H groups in total. The van der Waals surface area contributed by atoms with Crippen LogP contribution in [0.15, 0.2) is 30.6 Å². The Kier molecular flexibility index (Phi) is 6.12. The van der Waals surface area contributed by atoms with Crippen molar-refractivity contribution in [2.24, 2.45) is 0 Å². The van der Waals surface area contributed by atoms with Crippen LogP contribution in [-0.2, 0) is 6.54 Å². The van der Waals surface area contributed by atoms with Gasteiger partial charge in [-0.2, -0.15) is 0 Å². The molecule has 1 aliphatic rings. The van der Waals surface area contributed by atoms with Crippen molar-refractivity contribution in [3.05, 3.63) is 36.2 Å². The molecule has 1 atom stereocenters. The third kappa shape index (κ3) is 4.16. The molecule has 1 aliphatic heterocycles. The first-order valence-corrected chi connectivity index (χ1v) is 8.93. The van der Waals surface area contributed by atoms with E-state index in [-0.39, 0.29) is 0 Å². The van der Waals surface area contributed by atoms with Crippen molar-refractivity contribution in [1.29, 1.82) is 0 Å². The Morgan fingerprint density at radius 2 is 2.08 bits per heavy atom. The molecule has 0 bridgehead atoms. The largest absolute Gasteiger partial charge is 0.497 e. The molecule has 3 rings (SSSR count). The molecule has 1 aromatic heterocycles. The lowest BCUT2D eigenvalue weighted by Crippen LogP contribution is -2.38. The van der Waals surface area contributed by atoms with E-state index in [1.165, 1.54) is 6.42 Å². The molecule has 7 heteroatoms. The summed E-state index contributed by atoms with van der Waals surface area (Å²) in [6, 6.07) is 8.30. The predicted molar refractivity (Wildman–Crippen MR) is 103 cm³/mol. The van der Waals surface area contributed by atoms with Crippen LogP contribution in [0.2, 0.25) is 0 Å². The van der Waals surface area contributed by atoms with E-state index in [4.69, 9.17) is 9.47 Å². The normalized spacial score (nSPS) is 16.6. The number of hydrogen-bond donors (Lipinski definition) is 2. The van der Waals surface area contributed by atoms with Crippen molar-refractivity contribution in [2.75, 3.05) is 44.6 Å². The number of hydrogen-bond acceptors (Lipinski definition) is 7. The van der Waals surface area contributed by atoms with Gasteiger partial charge in [0.25, 0.3) is 0 Å². The Morgan fingerprint density at radius 3 is 2.85 bits per heavy atom. The Hall–Kier alpha value is -2.54. The third-order valence-electron chi connectivity index (χ3n) is 4.76. The molecule has 0 aliphatic carbocycles. The van der Waals surface area contributed by atoms with Gasteiger partial charge in [-0.05, 0) is 31.0 Å². The maximum absolute atomic E-state index is 5.45. The first-order chi connectivity index (χ1) is 12.7. The molecule has 1 saturated heterocycles. The number of benzene rings is 1. The molecule has 1 aromatic carbocycles. The van der Waals surface area contributed by atoms with E-state index in [0.29, 0.717) is 6.04 Å². The van der Waals surface area contributed by atoms with Crippen molar-refractivity contribution in [3.63, 3.8) is 0 Å². The molecule has 140 valence electrons. The average Bonchev–Trinajstić information content (AvgIpc) is 3.16. The number of nitrogens with one attached hydrogen (secondary N) is 2. The van der Waals surface area contributed by atoms with E-state index in [1.807, 2.05) is 31.3 Å². The van der Waals surface area contributed by atoms with Crippen LogP contribution in [-0.4, -0.2) is 50.4 Å². The summed E-state index contributed by atoms with van der Waals surface area (Å²) in [5.41, 5.74) is 1.09. The Morgan fingerprint density at radius 1 is 1.19 bits per heavy atom. The fourth-order valence-electron chi connectivity index (χ4n) is 3.38. The van der Waals surface area contributed by atoms with E-state index < -0.39 is 0 Å².